The predicted octanol–water partition coefficient (Wildman–Crippen LogP) is -6.25. The Bertz CT molecular complexity index is 614. The van der Waals surface area contributed by atoms with E-state index in [-0.39, 0.29) is 19.4 Å². The highest BCUT2D eigenvalue weighted by atomic mass is 16.7. The molecule has 2 heterocycles. The third-order valence-electron chi connectivity index (χ3n) is 5.73. The largest absolute Gasteiger partial charge is 0.480 e. The molecule has 33 heavy (non-hydrogen) atoms. The molecule has 12 atom stereocenters. The van der Waals surface area contributed by atoms with E-state index in [4.69, 9.17) is 19.9 Å². The minimum atomic E-state index is -1.83. The van der Waals surface area contributed by atoms with Crippen molar-refractivity contribution in [2.75, 3.05) is 19.8 Å². The van der Waals surface area contributed by atoms with Gasteiger partial charge in [-0.3, -0.25) is 10.1 Å². The molecule has 0 amide bonds. The van der Waals surface area contributed by atoms with Crippen LogP contribution >= 0.6 is 0 Å². The van der Waals surface area contributed by atoms with Crippen molar-refractivity contribution < 1.29 is 65.0 Å². The number of aliphatic hydroxyl groups excluding tert-OH is 8. The maximum atomic E-state index is 11.7. The van der Waals surface area contributed by atoms with Crippen molar-refractivity contribution in [3.05, 3.63) is 0 Å². The van der Waals surface area contributed by atoms with Gasteiger partial charge in [0, 0.05) is 6.54 Å². The first-order chi connectivity index (χ1) is 15.5. The van der Waals surface area contributed by atoms with Gasteiger partial charge in [-0.05, 0) is 12.8 Å². The van der Waals surface area contributed by atoms with Gasteiger partial charge in [0.15, 0.2) is 6.29 Å². The maximum absolute atomic E-state index is 11.7. The number of nitrogens with two attached hydrogens (primary N) is 1. The number of carboxylic acids is 1. The molecule has 2 aliphatic rings. The summed E-state index contributed by atoms with van der Waals surface area (Å²) >= 11 is 0. The molecule has 0 aromatic heterocycles. The highest BCUT2D eigenvalue weighted by molar-refractivity contribution is 5.73. The molecular formula is C18H34N2O13. The Balaban J connectivity index is 2.22. The highest BCUT2D eigenvalue weighted by Crippen LogP contribution is 2.29. The number of aliphatic hydroxyl groups is 8. The fraction of sp³-hybridized carbons (Fsp3) is 0.944. The van der Waals surface area contributed by atoms with Gasteiger partial charge in [0.2, 0.25) is 0 Å². The number of nitrogens with one attached hydrogen (secondary N) is 1. The van der Waals surface area contributed by atoms with Crippen LogP contribution in [0.2, 0.25) is 0 Å². The molecule has 2 saturated heterocycles. The predicted molar refractivity (Wildman–Crippen MR) is 105 cm³/mol. The SMILES string of the molecule is NCC(O)CC[C@H](N[C@@H]1O[C@H](CO)[C@H](O)[C@H](O)[C@H]1O[C@H]1O[C@H](CO)[C@@H](O)[C@H](O)[C@H]1O)C(=O)O. The van der Waals surface area contributed by atoms with Crippen molar-refractivity contribution >= 4 is 5.97 Å². The molecule has 0 bridgehead atoms. The van der Waals surface area contributed by atoms with Gasteiger partial charge < -0.3 is 65.9 Å². The molecule has 1 unspecified atom stereocenters. The topological polar surface area (TPSA) is 265 Å². The van der Waals surface area contributed by atoms with Crippen LogP contribution in [-0.2, 0) is 19.0 Å². The molecule has 194 valence electrons. The van der Waals surface area contributed by atoms with Gasteiger partial charge in [0.05, 0.1) is 19.3 Å². The molecule has 0 radical (unpaired) electrons. The van der Waals surface area contributed by atoms with Crippen molar-refractivity contribution in [2.24, 2.45) is 5.73 Å². The Morgan fingerprint density at radius 1 is 0.909 bits per heavy atom. The van der Waals surface area contributed by atoms with Crippen molar-refractivity contribution in [1.29, 1.82) is 0 Å². The Morgan fingerprint density at radius 3 is 2.03 bits per heavy atom. The van der Waals surface area contributed by atoms with Crippen LogP contribution in [0.5, 0.6) is 0 Å². The first kappa shape index (κ1) is 28.2. The molecule has 2 rings (SSSR count). The molecule has 12 N–H and O–H groups in total. The van der Waals surface area contributed by atoms with E-state index < -0.39 is 92.7 Å². The third kappa shape index (κ3) is 6.76. The zero-order valence-electron chi connectivity index (χ0n) is 17.7. The Kier molecular flexibility index (Phi) is 10.8. The van der Waals surface area contributed by atoms with Crippen LogP contribution in [0.15, 0.2) is 0 Å². The van der Waals surface area contributed by atoms with Crippen LogP contribution in [-0.4, -0.2) is 145 Å². The number of carbonyl (C=O) groups is 1. The number of ether oxygens (including phenoxy) is 3. The van der Waals surface area contributed by atoms with Gasteiger partial charge in [0.25, 0.3) is 0 Å². The molecule has 15 heteroatoms. The lowest BCUT2D eigenvalue weighted by Gasteiger charge is -2.46. The van der Waals surface area contributed by atoms with Crippen molar-refractivity contribution in [3.63, 3.8) is 0 Å². The van der Waals surface area contributed by atoms with Gasteiger partial charge >= 0.3 is 5.97 Å². The summed E-state index contributed by atoms with van der Waals surface area (Å²) in [6.45, 7) is -1.56. The van der Waals surface area contributed by atoms with E-state index in [1.165, 1.54) is 0 Å². The maximum Gasteiger partial charge on any atom is 0.320 e. The molecule has 0 aliphatic carbocycles. The first-order valence-electron chi connectivity index (χ1n) is 10.5. The number of aliphatic carboxylic acids is 1. The minimum absolute atomic E-state index is 0.0139. The smallest absolute Gasteiger partial charge is 0.320 e. The summed E-state index contributed by atoms with van der Waals surface area (Å²) in [6, 6.07) is -1.33. The van der Waals surface area contributed by atoms with Gasteiger partial charge in [-0.2, -0.15) is 0 Å². The fourth-order valence-electron chi connectivity index (χ4n) is 3.66. The normalized spacial score (nSPS) is 41.5. The summed E-state index contributed by atoms with van der Waals surface area (Å²) in [5, 5.41) is 91.3. The minimum Gasteiger partial charge on any atom is -0.480 e. The van der Waals surface area contributed by atoms with Gasteiger partial charge in [-0.15, -0.1) is 0 Å². The molecule has 0 aromatic carbocycles. The molecular weight excluding hydrogens is 452 g/mol. The molecule has 2 aliphatic heterocycles. The van der Waals surface area contributed by atoms with Crippen LogP contribution in [0.25, 0.3) is 0 Å². The van der Waals surface area contributed by atoms with Gasteiger partial charge in [0.1, 0.15) is 61.1 Å². The first-order valence-corrected chi connectivity index (χ1v) is 10.5. The number of hydrogen-bond donors (Lipinski definition) is 11. The quantitative estimate of drug-likeness (QED) is 0.130. The average molecular weight is 486 g/mol. The second kappa shape index (κ2) is 12.6. The second-order valence-corrected chi connectivity index (χ2v) is 8.08. The van der Waals surface area contributed by atoms with Gasteiger partial charge in [-0.25, -0.2) is 0 Å². The standard InChI is InChI=1S/C18H34N2O13/c19-3-6(23)1-2-7(17(29)30)20-16-15(13(27)11(25)8(4-21)31-16)33-18-14(28)12(26)10(24)9(5-22)32-18/h6-16,18,20-28H,1-5,19H2,(H,29,30)/t6?,7-,8+,9+,10+,11-,12-,13-,14+,15+,16+,18+/m0/s1. The summed E-state index contributed by atoms with van der Waals surface area (Å²) < 4.78 is 16.2. The van der Waals surface area contributed by atoms with Crippen molar-refractivity contribution in [2.45, 2.75) is 86.3 Å². The zero-order chi connectivity index (χ0) is 24.9. The number of carboxylic acid groups (broad SMARTS) is 1. The Hall–Kier alpha value is -1.05. The van der Waals surface area contributed by atoms with Crippen LogP contribution in [0.1, 0.15) is 12.8 Å². The van der Waals surface area contributed by atoms with Crippen LogP contribution < -0.4 is 11.1 Å². The lowest BCUT2D eigenvalue weighted by Crippen LogP contribution is -2.67. The van der Waals surface area contributed by atoms with Crippen LogP contribution in [0, 0.1) is 0 Å². The molecule has 0 aromatic rings. The Morgan fingerprint density at radius 2 is 1.48 bits per heavy atom. The fourth-order valence-corrected chi connectivity index (χ4v) is 3.66. The van der Waals surface area contributed by atoms with E-state index in [1.807, 2.05) is 0 Å². The summed E-state index contributed by atoms with van der Waals surface area (Å²) in [5.74, 6) is -1.34. The van der Waals surface area contributed by atoms with Crippen molar-refractivity contribution in [1.82, 2.24) is 5.32 Å². The summed E-state index contributed by atoms with van der Waals surface area (Å²) in [5.41, 5.74) is 5.33. The Labute approximate surface area is 188 Å². The second-order valence-electron chi connectivity index (χ2n) is 8.08. The average Bonchev–Trinajstić information content (AvgIpc) is 2.80. The molecule has 0 spiro atoms. The summed E-state index contributed by atoms with van der Waals surface area (Å²) in [7, 11) is 0. The van der Waals surface area contributed by atoms with Crippen molar-refractivity contribution in [3.8, 4) is 0 Å². The molecule has 2 fully saturated rings. The van der Waals surface area contributed by atoms with Crippen LogP contribution in [0.3, 0.4) is 0 Å². The third-order valence-corrected chi connectivity index (χ3v) is 5.73. The van der Waals surface area contributed by atoms with E-state index in [2.05, 4.69) is 5.32 Å². The molecule has 15 nitrogen and oxygen atoms in total. The lowest BCUT2D eigenvalue weighted by atomic mass is 9.96. The number of rotatable bonds is 11. The summed E-state index contributed by atoms with van der Waals surface area (Å²) in [6.07, 6.45) is -17.2. The van der Waals surface area contributed by atoms with E-state index in [0.717, 1.165) is 0 Å². The monoisotopic (exact) mass is 486 g/mol. The zero-order valence-corrected chi connectivity index (χ0v) is 17.7. The summed E-state index contributed by atoms with van der Waals surface area (Å²) in [4.78, 5) is 11.7. The van der Waals surface area contributed by atoms with E-state index in [0.29, 0.717) is 0 Å². The highest BCUT2D eigenvalue weighted by Gasteiger charge is 2.51. The van der Waals surface area contributed by atoms with Gasteiger partial charge in [-0.1, -0.05) is 0 Å². The van der Waals surface area contributed by atoms with E-state index in [9.17, 15) is 50.8 Å². The van der Waals surface area contributed by atoms with Crippen LogP contribution in [0.4, 0.5) is 0 Å². The lowest BCUT2D eigenvalue weighted by molar-refractivity contribution is -0.344. The van der Waals surface area contributed by atoms with E-state index >= 15 is 0 Å². The van der Waals surface area contributed by atoms with E-state index in [1.54, 1.807) is 0 Å². The number of hydrogen-bond acceptors (Lipinski definition) is 14. The molecule has 0 saturated carbocycles.